The average Bonchev–Trinajstić information content (AvgIpc) is 2.38. The maximum absolute atomic E-state index is 8.61. The first kappa shape index (κ1) is 13.5. The molecule has 0 fully saturated rings. The van der Waals surface area contributed by atoms with Crippen LogP contribution >= 0.6 is 0 Å². The van der Waals surface area contributed by atoms with E-state index in [1.54, 1.807) is 12.1 Å². The lowest BCUT2D eigenvalue weighted by Gasteiger charge is -2.04. The van der Waals surface area contributed by atoms with Crippen molar-refractivity contribution in [2.24, 2.45) is 0 Å². The number of ether oxygens (including phenoxy) is 1. The number of aromatic nitrogens is 1. The van der Waals surface area contributed by atoms with Gasteiger partial charge in [-0.2, -0.15) is 5.26 Å². The molecule has 0 amide bonds. The third-order valence-electron chi connectivity index (χ3n) is 2.61. The van der Waals surface area contributed by atoms with Crippen LogP contribution in [0.5, 0.6) is 5.88 Å². The Morgan fingerprint density at radius 1 is 1.18 bits per heavy atom. The molecular formula is C14H20N2O. The van der Waals surface area contributed by atoms with Crippen molar-refractivity contribution < 1.29 is 4.74 Å². The fraction of sp³-hybridized carbons (Fsp3) is 0.571. The molecule has 1 aromatic rings. The van der Waals surface area contributed by atoms with Crippen molar-refractivity contribution in [3.63, 3.8) is 0 Å². The van der Waals surface area contributed by atoms with Crippen LogP contribution in [0.15, 0.2) is 18.3 Å². The smallest absolute Gasteiger partial charge is 0.213 e. The van der Waals surface area contributed by atoms with Crippen LogP contribution in [0.2, 0.25) is 0 Å². The number of nitrogens with zero attached hydrogens (tertiary/aromatic N) is 2. The third-order valence-corrected chi connectivity index (χ3v) is 2.61. The lowest BCUT2D eigenvalue weighted by Crippen LogP contribution is -1.99. The van der Waals surface area contributed by atoms with Gasteiger partial charge in [-0.15, -0.1) is 0 Å². The average molecular weight is 232 g/mol. The van der Waals surface area contributed by atoms with Crippen molar-refractivity contribution in [3.05, 3.63) is 23.9 Å². The first-order valence-corrected chi connectivity index (χ1v) is 6.35. The van der Waals surface area contributed by atoms with E-state index in [1.807, 2.05) is 6.07 Å². The molecule has 1 heterocycles. The summed E-state index contributed by atoms with van der Waals surface area (Å²) in [5.74, 6) is 0.609. The van der Waals surface area contributed by atoms with Gasteiger partial charge >= 0.3 is 0 Å². The van der Waals surface area contributed by atoms with Gasteiger partial charge in [0.2, 0.25) is 5.88 Å². The zero-order chi connectivity index (χ0) is 12.3. The van der Waals surface area contributed by atoms with Gasteiger partial charge in [0.1, 0.15) is 6.07 Å². The molecule has 0 atom stereocenters. The zero-order valence-electron chi connectivity index (χ0n) is 10.5. The van der Waals surface area contributed by atoms with E-state index in [1.165, 1.54) is 38.3 Å². The zero-order valence-corrected chi connectivity index (χ0v) is 10.5. The molecule has 0 bridgehead atoms. The molecule has 0 saturated heterocycles. The Kier molecular flexibility index (Phi) is 6.81. The van der Waals surface area contributed by atoms with E-state index >= 15 is 0 Å². The first-order valence-electron chi connectivity index (χ1n) is 6.35. The minimum absolute atomic E-state index is 0.567. The highest BCUT2D eigenvalue weighted by Crippen LogP contribution is 2.09. The number of nitriles is 1. The van der Waals surface area contributed by atoms with Crippen molar-refractivity contribution >= 4 is 0 Å². The molecule has 17 heavy (non-hydrogen) atoms. The summed E-state index contributed by atoms with van der Waals surface area (Å²) in [7, 11) is 0. The summed E-state index contributed by atoms with van der Waals surface area (Å²) in [6, 6.07) is 5.50. The minimum Gasteiger partial charge on any atom is -0.478 e. The topological polar surface area (TPSA) is 45.9 Å². The monoisotopic (exact) mass is 232 g/mol. The molecular weight excluding hydrogens is 212 g/mol. The van der Waals surface area contributed by atoms with Crippen molar-refractivity contribution in [3.8, 4) is 11.9 Å². The van der Waals surface area contributed by atoms with Gasteiger partial charge in [0.25, 0.3) is 0 Å². The van der Waals surface area contributed by atoms with Crippen LogP contribution in [0.25, 0.3) is 0 Å². The van der Waals surface area contributed by atoms with Crippen molar-refractivity contribution in [1.29, 1.82) is 5.26 Å². The Balaban J connectivity index is 2.08. The maximum Gasteiger partial charge on any atom is 0.213 e. The summed E-state index contributed by atoms with van der Waals surface area (Å²) in [6.45, 7) is 2.94. The van der Waals surface area contributed by atoms with Crippen LogP contribution in [0.4, 0.5) is 0 Å². The van der Waals surface area contributed by atoms with Gasteiger partial charge in [0.05, 0.1) is 12.2 Å². The maximum atomic E-state index is 8.61. The van der Waals surface area contributed by atoms with E-state index in [0.717, 1.165) is 6.42 Å². The summed E-state index contributed by atoms with van der Waals surface area (Å²) in [5, 5.41) is 8.61. The molecule has 0 aliphatic rings. The van der Waals surface area contributed by atoms with Crippen LogP contribution in [-0.2, 0) is 0 Å². The third kappa shape index (κ3) is 5.91. The summed E-state index contributed by atoms with van der Waals surface area (Å²) >= 11 is 0. The number of hydrogen-bond acceptors (Lipinski definition) is 3. The molecule has 92 valence electrons. The van der Waals surface area contributed by atoms with Crippen LogP contribution in [0.3, 0.4) is 0 Å². The summed E-state index contributed by atoms with van der Waals surface area (Å²) in [4.78, 5) is 4.05. The predicted molar refractivity (Wildman–Crippen MR) is 67.8 cm³/mol. The Bertz CT molecular complexity index is 340. The second kappa shape index (κ2) is 8.58. The SMILES string of the molecule is CCCCCCCCOc1ccc(C#N)cn1. The summed E-state index contributed by atoms with van der Waals surface area (Å²) in [5.41, 5.74) is 0.567. The predicted octanol–water partition coefficient (Wildman–Crippen LogP) is 3.69. The summed E-state index contributed by atoms with van der Waals surface area (Å²) < 4.78 is 5.49. The normalized spacial score (nSPS) is 9.88. The Morgan fingerprint density at radius 3 is 2.59 bits per heavy atom. The number of unbranched alkanes of at least 4 members (excludes halogenated alkanes) is 5. The fourth-order valence-electron chi connectivity index (χ4n) is 1.59. The number of hydrogen-bond donors (Lipinski definition) is 0. The van der Waals surface area contributed by atoms with Crippen LogP contribution in [0.1, 0.15) is 51.0 Å². The second-order valence-electron chi connectivity index (χ2n) is 4.11. The van der Waals surface area contributed by atoms with Gasteiger partial charge in [0, 0.05) is 12.3 Å². The van der Waals surface area contributed by atoms with Gasteiger partial charge in [-0.05, 0) is 12.5 Å². The van der Waals surface area contributed by atoms with Crippen LogP contribution < -0.4 is 4.74 Å². The van der Waals surface area contributed by atoms with E-state index in [4.69, 9.17) is 10.00 Å². The molecule has 3 nitrogen and oxygen atoms in total. The molecule has 0 radical (unpaired) electrons. The molecule has 1 aromatic heterocycles. The highest BCUT2D eigenvalue weighted by Gasteiger charge is 1.96. The summed E-state index contributed by atoms with van der Waals surface area (Å²) in [6.07, 6.45) is 9.06. The molecule has 0 aliphatic heterocycles. The lowest BCUT2D eigenvalue weighted by atomic mass is 10.1. The second-order valence-corrected chi connectivity index (χ2v) is 4.11. The van der Waals surface area contributed by atoms with E-state index in [2.05, 4.69) is 11.9 Å². The van der Waals surface area contributed by atoms with Gasteiger partial charge in [0.15, 0.2) is 0 Å². The first-order chi connectivity index (χ1) is 8.36. The molecule has 0 aliphatic carbocycles. The Morgan fingerprint density at radius 2 is 1.94 bits per heavy atom. The van der Waals surface area contributed by atoms with E-state index < -0.39 is 0 Å². The van der Waals surface area contributed by atoms with Crippen molar-refractivity contribution in [2.45, 2.75) is 45.4 Å². The van der Waals surface area contributed by atoms with Gasteiger partial charge in [-0.1, -0.05) is 39.0 Å². The van der Waals surface area contributed by atoms with E-state index in [-0.39, 0.29) is 0 Å². The lowest BCUT2D eigenvalue weighted by molar-refractivity contribution is 0.293. The Hall–Kier alpha value is -1.56. The van der Waals surface area contributed by atoms with Crippen LogP contribution in [-0.4, -0.2) is 11.6 Å². The quantitative estimate of drug-likeness (QED) is 0.642. The molecule has 1 rings (SSSR count). The molecule has 0 aromatic carbocycles. The number of rotatable bonds is 8. The highest BCUT2D eigenvalue weighted by atomic mass is 16.5. The Labute approximate surface area is 103 Å². The van der Waals surface area contributed by atoms with Gasteiger partial charge in [-0.3, -0.25) is 0 Å². The fourth-order valence-corrected chi connectivity index (χ4v) is 1.59. The highest BCUT2D eigenvalue weighted by molar-refractivity contribution is 5.28. The molecule has 0 spiro atoms. The molecule has 0 unspecified atom stereocenters. The molecule has 3 heteroatoms. The van der Waals surface area contributed by atoms with E-state index in [0.29, 0.717) is 18.1 Å². The molecule has 0 saturated carbocycles. The van der Waals surface area contributed by atoms with Crippen LogP contribution in [0, 0.1) is 11.3 Å². The standard InChI is InChI=1S/C14H20N2O/c1-2-3-4-5-6-7-10-17-14-9-8-13(11-15)12-16-14/h8-9,12H,2-7,10H2,1H3. The van der Waals surface area contributed by atoms with Gasteiger partial charge in [-0.25, -0.2) is 4.98 Å². The van der Waals surface area contributed by atoms with Gasteiger partial charge < -0.3 is 4.74 Å². The van der Waals surface area contributed by atoms with Crippen molar-refractivity contribution in [2.75, 3.05) is 6.61 Å². The largest absolute Gasteiger partial charge is 0.478 e. The number of pyridine rings is 1. The van der Waals surface area contributed by atoms with Crippen molar-refractivity contribution in [1.82, 2.24) is 4.98 Å². The molecule has 0 N–H and O–H groups in total. The minimum atomic E-state index is 0.567. The van der Waals surface area contributed by atoms with E-state index in [9.17, 15) is 0 Å².